The maximum Gasteiger partial charge on any atom is 0.348 e. The first-order valence-electron chi connectivity index (χ1n) is 10.0. The highest BCUT2D eigenvalue weighted by Crippen LogP contribution is 2.48. The van der Waals surface area contributed by atoms with Gasteiger partial charge in [-0.05, 0) is 17.2 Å². The van der Waals surface area contributed by atoms with Crippen molar-refractivity contribution in [3.8, 4) is 11.1 Å². The lowest BCUT2D eigenvalue weighted by atomic mass is 9.85. The molecule has 2 heterocycles. The highest BCUT2D eigenvalue weighted by atomic mass is 16.6. The molecule has 1 N–H and O–H groups in total. The maximum atomic E-state index is 13.3. The van der Waals surface area contributed by atoms with Crippen LogP contribution in [0, 0.1) is 0 Å². The van der Waals surface area contributed by atoms with Gasteiger partial charge in [0.2, 0.25) is 5.60 Å². The minimum absolute atomic E-state index is 0.164. The average Bonchev–Trinajstić information content (AvgIpc) is 2.93. The summed E-state index contributed by atoms with van der Waals surface area (Å²) in [6.07, 6.45) is 6.99. The lowest BCUT2D eigenvalue weighted by molar-refractivity contribution is -0.940. The van der Waals surface area contributed by atoms with Crippen molar-refractivity contribution in [2.24, 2.45) is 0 Å². The number of ether oxygens (including phenoxy) is 1. The number of aliphatic hydroxyl groups is 1. The summed E-state index contributed by atoms with van der Waals surface area (Å²) in [5, 5.41) is 11.6. The number of fused-ring (bicyclic) bond motifs is 5. The van der Waals surface area contributed by atoms with Crippen molar-refractivity contribution in [1.82, 2.24) is 0 Å². The number of quaternary nitrogens is 1. The Bertz CT molecular complexity index is 932. The van der Waals surface area contributed by atoms with Gasteiger partial charge in [-0.25, -0.2) is 4.79 Å². The standard InChI is InChI=1S/C24H26NO3/c1-25(2)16-8-7-9-17(25)15-18(14-16)28-23(26)24(27)21-12-5-3-10-19(21)20-11-4-6-13-22(20)24/h3-8,10-13,16-18,27H,9,14-15H2,1-2H3/q+1. The van der Waals surface area contributed by atoms with Crippen molar-refractivity contribution in [1.29, 1.82) is 0 Å². The van der Waals surface area contributed by atoms with Crippen molar-refractivity contribution in [3.05, 3.63) is 71.8 Å². The van der Waals surface area contributed by atoms with Gasteiger partial charge in [0, 0.05) is 30.4 Å². The number of carbonyl (C=O) groups excluding carboxylic acids is 1. The van der Waals surface area contributed by atoms with E-state index in [1.165, 1.54) is 0 Å². The zero-order valence-electron chi connectivity index (χ0n) is 16.3. The minimum Gasteiger partial charge on any atom is -0.459 e. The van der Waals surface area contributed by atoms with Crippen LogP contribution in [0.25, 0.3) is 11.1 Å². The molecule has 3 atom stereocenters. The summed E-state index contributed by atoms with van der Waals surface area (Å²) in [5.74, 6) is -0.552. The number of hydrogen-bond donors (Lipinski definition) is 1. The van der Waals surface area contributed by atoms with Crippen LogP contribution in [0.15, 0.2) is 60.7 Å². The summed E-state index contributed by atoms with van der Waals surface area (Å²) in [5.41, 5.74) is 1.30. The van der Waals surface area contributed by atoms with Gasteiger partial charge in [0.15, 0.2) is 0 Å². The lowest BCUT2D eigenvalue weighted by Gasteiger charge is -2.50. The molecular weight excluding hydrogens is 350 g/mol. The summed E-state index contributed by atoms with van der Waals surface area (Å²) in [4.78, 5) is 13.3. The smallest absolute Gasteiger partial charge is 0.348 e. The van der Waals surface area contributed by atoms with Crippen molar-refractivity contribution in [3.63, 3.8) is 0 Å². The van der Waals surface area contributed by atoms with Gasteiger partial charge in [-0.3, -0.25) is 0 Å². The molecule has 3 unspecified atom stereocenters. The summed E-state index contributed by atoms with van der Waals surface area (Å²) in [6, 6.07) is 15.9. The van der Waals surface area contributed by atoms with Gasteiger partial charge in [-0.1, -0.05) is 54.6 Å². The molecule has 1 saturated heterocycles. The maximum absolute atomic E-state index is 13.3. The predicted molar refractivity (Wildman–Crippen MR) is 107 cm³/mol. The van der Waals surface area contributed by atoms with E-state index in [-0.39, 0.29) is 6.10 Å². The third-order valence-corrected chi connectivity index (χ3v) is 7.09. The number of esters is 1. The van der Waals surface area contributed by atoms with E-state index in [1.807, 2.05) is 48.5 Å². The molecule has 3 aliphatic rings. The second-order valence-electron chi connectivity index (χ2n) is 8.81. The Morgan fingerprint density at radius 1 is 1.04 bits per heavy atom. The number of piperidine rings is 1. The molecule has 28 heavy (non-hydrogen) atoms. The van der Waals surface area contributed by atoms with E-state index in [0.29, 0.717) is 23.2 Å². The molecule has 1 fully saturated rings. The zero-order chi connectivity index (χ0) is 19.5. The molecule has 5 rings (SSSR count). The van der Waals surface area contributed by atoms with E-state index in [1.54, 1.807) is 0 Å². The Kier molecular flexibility index (Phi) is 3.80. The fraction of sp³-hybridized carbons (Fsp3) is 0.375. The van der Waals surface area contributed by atoms with Crippen LogP contribution >= 0.6 is 0 Å². The fourth-order valence-electron chi connectivity index (χ4n) is 5.31. The minimum atomic E-state index is -1.74. The van der Waals surface area contributed by atoms with Gasteiger partial charge in [0.25, 0.3) is 0 Å². The molecule has 0 amide bonds. The first-order chi connectivity index (χ1) is 13.4. The molecule has 4 nitrogen and oxygen atoms in total. The van der Waals surface area contributed by atoms with Crippen molar-refractivity contribution >= 4 is 5.97 Å². The van der Waals surface area contributed by atoms with E-state index >= 15 is 0 Å². The Balaban J connectivity index is 1.47. The van der Waals surface area contributed by atoms with Gasteiger partial charge >= 0.3 is 5.97 Å². The summed E-state index contributed by atoms with van der Waals surface area (Å²) >= 11 is 0. The summed E-state index contributed by atoms with van der Waals surface area (Å²) in [7, 11) is 4.52. The molecule has 2 aromatic carbocycles. The Labute approximate surface area is 165 Å². The largest absolute Gasteiger partial charge is 0.459 e. The van der Waals surface area contributed by atoms with E-state index in [9.17, 15) is 9.90 Å². The van der Waals surface area contributed by atoms with Crippen LogP contribution in [0.5, 0.6) is 0 Å². The Morgan fingerprint density at radius 3 is 2.25 bits per heavy atom. The van der Waals surface area contributed by atoms with E-state index < -0.39 is 11.6 Å². The highest BCUT2D eigenvalue weighted by Gasteiger charge is 2.51. The second kappa shape index (κ2) is 6.03. The number of rotatable bonds is 2. The number of carbonyl (C=O) groups is 1. The molecule has 0 radical (unpaired) electrons. The zero-order valence-corrected chi connectivity index (χ0v) is 16.3. The number of likely N-dealkylation sites (N-methyl/N-ethyl adjacent to an activating group) is 1. The third kappa shape index (κ3) is 2.34. The molecule has 144 valence electrons. The van der Waals surface area contributed by atoms with Gasteiger partial charge in [-0.15, -0.1) is 0 Å². The van der Waals surface area contributed by atoms with Crippen LogP contribution in [0.3, 0.4) is 0 Å². The average molecular weight is 376 g/mol. The van der Waals surface area contributed by atoms with Gasteiger partial charge < -0.3 is 14.3 Å². The molecule has 4 heteroatoms. The van der Waals surface area contributed by atoms with Crippen LogP contribution in [-0.2, 0) is 15.1 Å². The molecule has 0 spiro atoms. The molecule has 0 aromatic heterocycles. The number of nitrogens with zero attached hydrogens (tertiary/aromatic N) is 1. The van der Waals surface area contributed by atoms with E-state index in [0.717, 1.165) is 34.9 Å². The van der Waals surface area contributed by atoms with Crippen molar-refractivity contribution < 1.29 is 19.1 Å². The molecule has 1 aliphatic carbocycles. The van der Waals surface area contributed by atoms with Crippen LogP contribution in [-0.4, -0.2) is 47.8 Å². The normalized spacial score (nSPS) is 28.3. The molecule has 2 aliphatic heterocycles. The number of hydrogen-bond acceptors (Lipinski definition) is 3. The SMILES string of the molecule is C[N+]1(C)C2C=CCC1CC(OC(=O)C1(O)c3ccccc3-c3ccccc31)C2. The van der Waals surface area contributed by atoms with Crippen LogP contribution in [0.2, 0.25) is 0 Å². The highest BCUT2D eigenvalue weighted by molar-refractivity contribution is 5.96. The fourth-order valence-corrected chi connectivity index (χ4v) is 5.31. The Hall–Kier alpha value is -2.43. The lowest BCUT2D eigenvalue weighted by Crippen LogP contribution is -2.62. The first kappa shape index (κ1) is 17.7. The second-order valence-corrected chi connectivity index (χ2v) is 8.81. The summed E-state index contributed by atoms with van der Waals surface area (Å²) < 4.78 is 6.93. The van der Waals surface area contributed by atoms with Crippen LogP contribution in [0.4, 0.5) is 0 Å². The van der Waals surface area contributed by atoms with Crippen LogP contribution in [0.1, 0.15) is 30.4 Å². The monoisotopic (exact) mass is 376 g/mol. The first-order valence-corrected chi connectivity index (χ1v) is 10.0. The van der Waals surface area contributed by atoms with Gasteiger partial charge in [0.05, 0.1) is 20.1 Å². The summed E-state index contributed by atoms with van der Waals surface area (Å²) in [6.45, 7) is 0. The van der Waals surface area contributed by atoms with Crippen molar-refractivity contribution in [2.45, 2.75) is 43.1 Å². The van der Waals surface area contributed by atoms with Gasteiger partial charge in [0.1, 0.15) is 12.1 Å². The topological polar surface area (TPSA) is 46.5 Å². The Morgan fingerprint density at radius 2 is 1.64 bits per heavy atom. The van der Waals surface area contributed by atoms with Crippen molar-refractivity contribution in [2.75, 3.05) is 14.1 Å². The van der Waals surface area contributed by atoms with Gasteiger partial charge in [-0.2, -0.15) is 0 Å². The molecule has 2 bridgehead atoms. The van der Waals surface area contributed by atoms with E-state index in [2.05, 4.69) is 26.2 Å². The third-order valence-electron chi connectivity index (χ3n) is 7.09. The molecule has 0 saturated carbocycles. The number of benzene rings is 2. The van der Waals surface area contributed by atoms with Crippen LogP contribution < -0.4 is 0 Å². The quantitative estimate of drug-likeness (QED) is 0.497. The predicted octanol–water partition coefficient (Wildman–Crippen LogP) is 3.38. The van der Waals surface area contributed by atoms with E-state index in [4.69, 9.17) is 4.74 Å². The molecular formula is C24H26NO3+. The molecule has 2 aromatic rings.